The maximum absolute atomic E-state index is 13.0. The zero-order valence-corrected chi connectivity index (χ0v) is 31.4. The fraction of sp³-hybridized carbons (Fsp3) is 0.927. The van der Waals surface area contributed by atoms with Gasteiger partial charge in [0, 0.05) is 12.8 Å². The number of Topliss-reactive ketones (excluding diaryl/α,β-unsaturated/α-hetero) is 2. The number of hydrogen-bond donors (Lipinski definition) is 2. The third-order valence-corrected chi connectivity index (χ3v) is 9.75. The van der Waals surface area contributed by atoms with Crippen LogP contribution >= 0.6 is 0 Å². The van der Waals surface area contributed by atoms with E-state index < -0.39 is 29.2 Å². The lowest BCUT2D eigenvalue weighted by atomic mass is 9.85. The molecule has 0 saturated carbocycles. The second-order valence-corrected chi connectivity index (χ2v) is 14.2. The molecule has 0 aromatic heterocycles. The minimum Gasteiger partial charge on any atom is -0.463 e. The smallest absolute Gasteiger partial charge is 0.349 e. The molecule has 278 valence electrons. The predicted molar refractivity (Wildman–Crippen MR) is 197 cm³/mol. The molecule has 0 spiro atoms. The van der Waals surface area contributed by atoms with Crippen molar-refractivity contribution in [2.75, 3.05) is 6.61 Å². The Labute approximate surface area is 291 Å². The molecule has 2 atom stereocenters. The first kappa shape index (κ1) is 45.7. The lowest BCUT2D eigenvalue weighted by Gasteiger charge is -2.28. The molecule has 0 aliphatic heterocycles. The summed E-state index contributed by atoms with van der Waals surface area (Å²) in [5.41, 5.74) is -2.82. The van der Waals surface area contributed by atoms with Crippen molar-refractivity contribution in [3.8, 4) is 0 Å². The van der Waals surface area contributed by atoms with Crippen molar-refractivity contribution in [3.63, 3.8) is 0 Å². The van der Waals surface area contributed by atoms with Crippen molar-refractivity contribution in [2.24, 2.45) is 0 Å². The van der Waals surface area contributed by atoms with Crippen molar-refractivity contribution in [3.05, 3.63) is 0 Å². The van der Waals surface area contributed by atoms with Gasteiger partial charge in [0.05, 0.1) is 6.61 Å². The minimum absolute atomic E-state index is 0.0351. The molecule has 0 bridgehead atoms. The van der Waals surface area contributed by atoms with Crippen molar-refractivity contribution in [1.29, 1.82) is 0 Å². The van der Waals surface area contributed by atoms with Crippen LogP contribution in [-0.2, 0) is 19.1 Å². The van der Waals surface area contributed by atoms with Gasteiger partial charge >= 0.3 is 5.97 Å². The van der Waals surface area contributed by atoms with E-state index in [9.17, 15) is 24.6 Å². The van der Waals surface area contributed by atoms with Crippen molar-refractivity contribution >= 4 is 17.5 Å². The van der Waals surface area contributed by atoms with Crippen LogP contribution in [0.25, 0.3) is 0 Å². The predicted octanol–water partition coefficient (Wildman–Crippen LogP) is 11.3. The Kier molecular flexibility index (Phi) is 32.3. The molecule has 0 heterocycles. The summed E-state index contributed by atoms with van der Waals surface area (Å²) in [7, 11) is 0. The Morgan fingerprint density at radius 2 is 0.745 bits per heavy atom. The Bertz CT molecular complexity index is 737. The van der Waals surface area contributed by atoms with E-state index >= 15 is 0 Å². The number of hydrogen-bond acceptors (Lipinski definition) is 6. The van der Waals surface area contributed by atoms with Crippen LogP contribution in [0.15, 0.2) is 0 Å². The van der Waals surface area contributed by atoms with Gasteiger partial charge in [0.15, 0.2) is 17.7 Å². The Balaban J connectivity index is 4.14. The molecule has 0 aromatic rings. The number of carbonyl (C=O) groups excluding carboxylic acids is 3. The maximum atomic E-state index is 13.0. The summed E-state index contributed by atoms with van der Waals surface area (Å²) in [6.45, 7) is 6.03. The van der Waals surface area contributed by atoms with Gasteiger partial charge in [0.2, 0.25) is 0 Å². The van der Waals surface area contributed by atoms with Gasteiger partial charge in [-0.25, -0.2) is 4.79 Å². The van der Waals surface area contributed by atoms with Crippen molar-refractivity contribution < 1.29 is 29.3 Å². The molecule has 0 rings (SSSR count). The summed E-state index contributed by atoms with van der Waals surface area (Å²) in [5, 5.41) is 21.8. The Morgan fingerprint density at radius 1 is 0.468 bits per heavy atom. The van der Waals surface area contributed by atoms with Gasteiger partial charge in [-0.1, -0.05) is 194 Å². The molecule has 2 N–H and O–H groups in total. The fourth-order valence-corrected chi connectivity index (χ4v) is 6.51. The summed E-state index contributed by atoms with van der Waals surface area (Å²) in [4.78, 5) is 38.4. The zero-order valence-electron chi connectivity index (χ0n) is 31.4. The van der Waals surface area contributed by atoms with Gasteiger partial charge in [-0.2, -0.15) is 0 Å². The largest absolute Gasteiger partial charge is 0.463 e. The average molecular weight is 667 g/mol. The molecule has 0 radical (unpaired) electrons. The first-order chi connectivity index (χ1) is 22.9. The number of aliphatic hydroxyl groups excluding tert-OH is 1. The maximum Gasteiger partial charge on any atom is 0.349 e. The molecule has 0 fully saturated rings. The fourth-order valence-electron chi connectivity index (χ4n) is 6.51. The number of rotatable bonds is 37. The molecular weight excluding hydrogens is 588 g/mol. The van der Waals surface area contributed by atoms with Crippen LogP contribution in [0.4, 0.5) is 0 Å². The van der Waals surface area contributed by atoms with Crippen LogP contribution in [0.5, 0.6) is 0 Å². The van der Waals surface area contributed by atoms with E-state index in [4.69, 9.17) is 4.74 Å². The van der Waals surface area contributed by atoms with Gasteiger partial charge < -0.3 is 14.9 Å². The molecule has 6 nitrogen and oxygen atoms in total. The highest BCUT2D eigenvalue weighted by molar-refractivity contribution is 6.11. The minimum atomic E-state index is -2.82. The first-order valence-corrected chi connectivity index (χ1v) is 20.5. The number of ether oxygens (including phenoxy) is 1. The lowest BCUT2D eigenvalue weighted by Crippen LogP contribution is -2.59. The van der Waals surface area contributed by atoms with E-state index in [0.29, 0.717) is 12.8 Å². The van der Waals surface area contributed by atoms with Gasteiger partial charge in [-0.3, -0.25) is 9.59 Å². The highest BCUT2D eigenvalue weighted by atomic mass is 16.6. The Hall–Kier alpha value is -1.27. The summed E-state index contributed by atoms with van der Waals surface area (Å²) in [5.74, 6) is -2.70. The third kappa shape index (κ3) is 24.5. The first-order valence-electron chi connectivity index (χ1n) is 20.5. The summed E-state index contributed by atoms with van der Waals surface area (Å²) < 4.78 is 4.94. The molecule has 47 heavy (non-hydrogen) atoms. The number of unbranched alkanes of at least 4 members (excludes halogenated alkanes) is 28. The quantitative estimate of drug-likeness (QED) is 0.0389. The highest BCUT2D eigenvalue weighted by Crippen LogP contribution is 2.23. The van der Waals surface area contributed by atoms with E-state index in [1.807, 2.05) is 0 Å². The average Bonchev–Trinajstić information content (AvgIpc) is 3.07. The number of esters is 1. The van der Waals surface area contributed by atoms with E-state index in [-0.39, 0.29) is 19.4 Å². The number of ketones is 2. The SMILES string of the molecule is CCCCCCCCCCCCCCCCCC(=O)C(O)C(O)(C(=O)CCCCCCCCCCCCCCCCC)C(=O)OCC. The third-order valence-electron chi connectivity index (χ3n) is 9.75. The second-order valence-electron chi connectivity index (χ2n) is 14.2. The van der Waals surface area contributed by atoms with Crippen LogP contribution < -0.4 is 0 Å². The Morgan fingerprint density at radius 3 is 1.04 bits per heavy atom. The normalized spacial score (nSPS) is 13.4. The van der Waals surface area contributed by atoms with Crippen LogP contribution in [-0.4, -0.2) is 46.1 Å². The van der Waals surface area contributed by atoms with Crippen molar-refractivity contribution in [1.82, 2.24) is 0 Å². The molecule has 0 saturated heterocycles. The second kappa shape index (κ2) is 33.2. The zero-order chi connectivity index (χ0) is 34.9. The summed E-state index contributed by atoms with van der Waals surface area (Å²) in [6.07, 6.45) is 33.9. The molecular formula is C41H78O6. The molecule has 6 heteroatoms. The van der Waals surface area contributed by atoms with Gasteiger partial charge in [0.1, 0.15) is 0 Å². The monoisotopic (exact) mass is 667 g/mol. The number of aliphatic hydroxyl groups is 2. The lowest BCUT2D eigenvalue weighted by molar-refractivity contribution is -0.185. The summed E-state index contributed by atoms with van der Waals surface area (Å²) >= 11 is 0. The van der Waals surface area contributed by atoms with Gasteiger partial charge in [0.25, 0.3) is 5.60 Å². The van der Waals surface area contributed by atoms with E-state index in [2.05, 4.69) is 13.8 Å². The molecule has 2 unspecified atom stereocenters. The topological polar surface area (TPSA) is 101 Å². The van der Waals surface area contributed by atoms with Crippen molar-refractivity contribution in [2.45, 2.75) is 238 Å². The standard InChI is InChI=1S/C41H78O6/c1-4-7-9-11-13-15-17-19-21-23-25-27-29-31-33-35-37(42)39(44)41(46,40(45)47-6-3)38(43)36-34-32-30-28-26-24-22-20-18-16-14-12-10-8-5-2/h39,44,46H,4-36H2,1-3H3. The van der Waals surface area contributed by atoms with Crippen LogP contribution in [0.2, 0.25) is 0 Å². The van der Waals surface area contributed by atoms with E-state index in [1.165, 1.54) is 141 Å². The highest BCUT2D eigenvalue weighted by Gasteiger charge is 2.53. The van der Waals surface area contributed by atoms with E-state index in [0.717, 1.165) is 38.5 Å². The molecule has 0 aliphatic carbocycles. The van der Waals surface area contributed by atoms with Gasteiger partial charge in [-0.15, -0.1) is 0 Å². The van der Waals surface area contributed by atoms with Crippen LogP contribution in [0.1, 0.15) is 226 Å². The summed E-state index contributed by atoms with van der Waals surface area (Å²) in [6, 6.07) is 0. The van der Waals surface area contributed by atoms with Gasteiger partial charge in [-0.05, 0) is 19.8 Å². The van der Waals surface area contributed by atoms with E-state index in [1.54, 1.807) is 6.92 Å². The number of carbonyl (C=O) groups is 3. The van der Waals surface area contributed by atoms with Crippen LogP contribution in [0.3, 0.4) is 0 Å². The van der Waals surface area contributed by atoms with Crippen LogP contribution in [0, 0.1) is 0 Å². The molecule has 0 amide bonds. The molecule has 0 aliphatic rings. The molecule has 0 aromatic carbocycles.